The molecule has 84 valence electrons. The number of halogens is 2. The summed E-state index contributed by atoms with van der Waals surface area (Å²) in [5.41, 5.74) is 3.26. The van der Waals surface area contributed by atoms with E-state index in [-0.39, 0.29) is 0 Å². The van der Waals surface area contributed by atoms with Gasteiger partial charge in [0.05, 0.1) is 21.4 Å². The Morgan fingerprint density at radius 2 is 2.31 bits per heavy atom. The Hall–Kier alpha value is -0.310. The quantitative estimate of drug-likeness (QED) is 0.618. The van der Waals surface area contributed by atoms with Crippen molar-refractivity contribution in [2.24, 2.45) is 0 Å². The predicted octanol–water partition coefficient (Wildman–Crippen LogP) is 3.00. The fraction of sp³-hybridized carbons (Fsp3) is 0.222. The second-order valence-corrected chi connectivity index (χ2v) is 5.06. The standard InChI is InChI=1S/C9H7ClIN3OS/c1-15-2-5-7(11)8(10)14-9(13-5)6-3-16-4-12-6/h3-4H,2H2,1H3. The molecule has 2 heterocycles. The predicted molar refractivity (Wildman–Crippen MR) is 71.6 cm³/mol. The van der Waals surface area contributed by atoms with Gasteiger partial charge in [-0.1, -0.05) is 11.6 Å². The van der Waals surface area contributed by atoms with E-state index in [4.69, 9.17) is 16.3 Å². The Kier molecular flexibility index (Phi) is 4.06. The van der Waals surface area contributed by atoms with Crippen molar-refractivity contribution >= 4 is 45.5 Å². The topological polar surface area (TPSA) is 47.9 Å². The second-order valence-electron chi connectivity index (χ2n) is 2.91. The van der Waals surface area contributed by atoms with Crippen LogP contribution in [0.3, 0.4) is 0 Å². The molecule has 0 amide bonds. The molecule has 0 fully saturated rings. The van der Waals surface area contributed by atoms with E-state index in [0.29, 0.717) is 17.6 Å². The van der Waals surface area contributed by atoms with Gasteiger partial charge in [-0.05, 0) is 22.6 Å². The lowest BCUT2D eigenvalue weighted by molar-refractivity contribution is 0.181. The van der Waals surface area contributed by atoms with Gasteiger partial charge >= 0.3 is 0 Å². The molecular weight excluding hydrogens is 361 g/mol. The van der Waals surface area contributed by atoms with Crippen molar-refractivity contribution in [3.05, 3.63) is 25.3 Å². The molecule has 0 aliphatic carbocycles. The van der Waals surface area contributed by atoms with Gasteiger partial charge in [0, 0.05) is 12.5 Å². The molecule has 0 aromatic carbocycles. The smallest absolute Gasteiger partial charge is 0.180 e. The minimum Gasteiger partial charge on any atom is -0.378 e. The first kappa shape index (κ1) is 12.2. The molecular formula is C9H7ClIN3OS. The Labute approximate surface area is 115 Å². The maximum atomic E-state index is 6.03. The van der Waals surface area contributed by atoms with Crippen LogP contribution in [0.1, 0.15) is 5.69 Å². The Balaban J connectivity index is 2.48. The van der Waals surface area contributed by atoms with Crippen LogP contribution in [0.15, 0.2) is 10.9 Å². The molecule has 0 aliphatic rings. The molecule has 7 heteroatoms. The molecule has 0 saturated carbocycles. The summed E-state index contributed by atoms with van der Waals surface area (Å²) in [6, 6.07) is 0. The van der Waals surface area contributed by atoms with Crippen LogP contribution in [-0.2, 0) is 11.3 Å². The number of ether oxygens (including phenoxy) is 1. The van der Waals surface area contributed by atoms with Gasteiger partial charge in [-0.3, -0.25) is 0 Å². The normalized spacial score (nSPS) is 10.7. The zero-order valence-corrected chi connectivity index (χ0v) is 12.0. The van der Waals surface area contributed by atoms with E-state index in [1.54, 1.807) is 12.6 Å². The van der Waals surface area contributed by atoms with Crippen molar-refractivity contribution in [2.45, 2.75) is 6.61 Å². The molecule has 2 rings (SSSR count). The van der Waals surface area contributed by atoms with Gasteiger partial charge in [0.15, 0.2) is 5.82 Å². The van der Waals surface area contributed by atoms with Crippen LogP contribution >= 0.6 is 45.5 Å². The molecule has 0 bridgehead atoms. The van der Waals surface area contributed by atoms with Crippen molar-refractivity contribution in [1.29, 1.82) is 0 Å². The average molecular weight is 368 g/mol. The monoisotopic (exact) mass is 367 g/mol. The summed E-state index contributed by atoms with van der Waals surface area (Å²) >= 11 is 9.64. The van der Waals surface area contributed by atoms with Crippen LogP contribution in [0, 0.1) is 3.57 Å². The summed E-state index contributed by atoms with van der Waals surface area (Å²) < 4.78 is 5.88. The van der Waals surface area contributed by atoms with Crippen LogP contribution in [-0.4, -0.2) is 22.1 Å². The van der Waals surface area contributed by atoms with E-state index in [0.717, 1.165) is 15.0 Å². The third-order valence-corrected chi connectivity index (χ3v) is 4.13. The van der Waals surface area contributed by atoms with Crippen molar-refractivity contribution in [3.8, 4) is 11.5 Å². The first-order chi connectivity index (χ1) is 7.72. The molecule has 0 saturated heterocycles. The minimum absolute atomic E-state index is 0.414. The maximum Gasteiger partial charge on any atom is 0.180 e. The first-order valence-corrected chi connectivity index (χ1v) is 6.71. The first-order valence-electron chi connectivity index (χ1n) is 4.31. The molecule has 0 unspecified atom stereocenters. The summed E-state index contributed by atoms with van der Waals surface area (Å²) in [5.74, 6) is 0.540. The highest BCUT2D eigenvalue weighted by atomic mass is 127. The molecule has 2 aromatic rings. The number of hydrogen-bond donors (Lipinski definition) is 0. The highest BCUT2D eigenvalue weighted by Gasteiger charge is 2.12. The summed E-state index contributed by atoms with van der Waals surface area (Å²) in [7, 11) is 1.62. The van der Waals surface area contributed by atoms with Crippen molar-refractivity contribution in [3.63, 3.8) is 0 Å². The van der Waals surface area contributed by atoms with Crippen LogP contribution in [0.4, 0.5) is 0 Å². The summed E-state index contributed by atoms with van der Waals surface area (Å²) in [4.78, 5) is 12.7. The summed E-state index contributed by atoms with van der Waals surface area (Å²) in [5, 5.41) is 2.32. The molecule has 4 nitrogen and oxygen atoms in total. The summed E-state index contributed by atoms with van der Waals surface area (Å²) in [6.07, 6.45) is 0. The van der Waals surface area contributed by atoms with Crippen LogP contribution in [0.2, 0.25) is 5.15 Å². The number of hydrogen-bond acceptors (Lipinski definition) is 5. The third-order valence-electron chi connectivity index (χ3n) is 1.82. The Bertz CT molecular complexity index is 492. The molecule has 16 heavy (non-hydrogen) atoms. The van der Waals surface area contributed by atoms with Gasteiger partial charge in [-0.2, -0.15) is 0 Å². The Morgan fingerprint density at radius 1 is 1.50 bits per heavy atom. The molecule has 0 spiro atoms. The van der Waals surface area contributed by atoms with Crippen LogP contribution < -0.4 is 0 Å². The van der Waals surface area contributed by atoms with E-state index in [2.05, 4.69) is 37.5 Å². The molecule has 0 N–H and O–H groups in total. The summed E-state index contributed by atoms with van der Waals surface area (Å²) in [6.45, 7) is 0.414. The molecule has 2 aromatic heterocycles. The number of nitrogens with zero attached hydrogens (tertiary/aromatic N) is 3. The third kappa shape index (κ3) is 2.50. The zero-order chi connectivity index (χ0) is 11.5. The van der Waals surface area contributed by atoms with E-state index in [1.807, 2.05) is 5.38 Å². The van der Waals surface area contributed by atoms with Gasteiger partial charge in [0.2, 0.25) is 0 Å². The number of rotatable bonds is 3. The number of methoxy groups -OCH3 is 1. The fourth-order valence-electron chi connectivity index (χ4n) is 1.13. The highest BCUT2D eigenvalue weighted by Crippen LogP contribution is 2.24. The van der Waals surface area contributed by atoms with E-state index in [1.165, 1.54) is 11.3 Å². The fourth-order valence-corrected chi connectivity index (χ4v) is 2.25. The maximum absolute atomic E-state index is 6.03. The van der Waals surface area contributed by atoms with Crippen LogP contribution in [0.5, 0.6) is 0 Å². The van der Waals surface area contributed by atoms with Crippen molar-refractivity contribution < 1.29 is 4.74 Å². The lowest BCUT2D eigenvalue weighted by Crippen LogP contribution is -2.02. The largest absolute Gasteiger partial charge is 0.378 e. The van der Waals surface area contributed by atoms with Gasteiger partial charge in [-0.25, -0.2) is 15.0 Å². The molecule has 0 atom stereocenters. The number of aromatic nitrogens is 3. The minimum atomic E-state index is 0.414. The lowest BCUT2D eigenvalue weighted by atomic mass is 10.4. The van der Waals surface area contributed by atoms with Gasteiger partial charge < -0.3 is 4.74 Å². The highest BCUT2D eigenvalue weighted by molar-refractivity contribution is 14.1. The molecule has 0 radical (unpaired) electrons. The van der Waals surface area contributed by atoms with Gasteiger partial charge in [0.1, 0.15) is 10.8 Å². The second kappa shape index (κ2) is 5.35. The average Bonchev–Trinajstić information content (AvgIpc) is 2.78. The van der Waals surface area contributed by atoms with Crippen LogP contribution in [0.25, 0.3) is 11.5 Å². The van der Waals surface area contributed by atoms with E-state index < -0.39 is 0 Å². The van der Waals surface area contributed by atoms with Gasteiger partial charge in [0.25, 0.3) is 0 Å². The molecule has 0 aliphatic heterocycles. The lowest BCUT2D eigenvalue weighted by Gasteiger charge is -2.05. The van der Waals surface area contributed by atoms with Gasteiger partial charge in [-0.15, -0.1) is 11.3 Å². The van der Waals surface area contributed by atoms with E-state index >= 15 is 0 Å². The SMILES string of the molecule is COCc1nc(-c2cscn2)nc(Cl)c1I. The number of thiazole rings is 1. The van der Waals surface area contributed by atoms with Crippen molar-refractivity contribution in [1.82, 2.24) is 15.0 Å². The van der Waals surface area contributed by atoms with E-state index in [9.17, 15) is 0 Å². The Morgan fingerprint density at radius 3 is 2.94 bits per heavy atom. The zero-order valence-electron chi connectivity index (χ0n) is 8.28. The van der Waals surface area contributed by atoms with Crippen molar-refractivity contribution in [2.75, 3.05) is 7.11 Å².